The summed E-state index contributed by atoms with van der Waals surface area (Å²) in [5.41, 5.74) is 70.2. The lowest BCUT2D eigenvalue weighted by Gasteiger charge is -2.47. The summed E-state index contributed by atoms with van der Waals surface area (Å²) in [5.74, 6) is 1.75. The van der Waals surface area contributed by atoms with Crippen molar-refractivity contribution in [1.29, 1.82) is 0 Å². The maximum Gasteiger partial charge on any atom is 0.137 e. The van der Waals surface area contributed by atoms with E-state index in [0.29, 0.717) is 15.9 Å². The van der Waals surface area contributed by atoms with Gasteiger partial charge in [-0.1, -0.05) is 96.0 Å². The van der Waals surface area contributed by atoms with Gasteiger partial charge < -0.3 is 49.6 Å². The van der Waals surface area contributed by atoms with Crippen LogP contribution in [0.25, 0.3) is 0 Å². The highest BCUT2D eigenvalue weighted by Gasteiger charge is 2.56. The van der Waals surface area contributed by atoms with E-state index in [1.165, 1.54) is 187 Å². The predicted molar refractivity (Wildman–Crippen MR) is 577 cm³/mol. The first-order valence-electron chi connectivity index (χ1n) is 53.7. The molecule has 6 aliphatic carbocycles. The van der Waals surface area contributed by atoms with Crippen molar-refractivity contribution in [2.24, 2.45) is 72.6 Å². The molecule has 11 heterocycles. The van der Waals surface area contributed by atoms with E-state index >= 15 is 0 Å². The van der Waals surface area contributed by atoms with Gasteiger partial charge in [-0.05, 0) is 479 Å². The van der Waals surface area contributed by atoms with Crippen LogP contribution in [-0.4, -0.2) is 192 Å². The summed E-state index contributed by atoms with van der Waals surface area (Å²) in [4.78, 5) is 32.0. The maximum absolute atomic E-state index is 6.66. The summed E-state index contributed by atoms with van der Waals surface area (Å²) in [7, 11) is 1.67. The second-order valence-corrected chi connectivity index (χ2v) is 53.0. The standard InChI is InChI=1S/C18H27ClN2O.C18H28N2.2C17H27N3.C17H26N2.C16H25N3.C16H24N2O/c1-17(2,3)21-7-5-18(6-8-21)11-12-9-15(22-4)14(19)10-13(12)16(18)20;1-13-5-6-14-12-18(16(19)15(14)11-13)7-9-20(10-8-18)17(2,3)4;1-12-9-13-14(19-11-12)10-17(15(13)18)5-7-20(8-6-17)16(2,3)4;1-12-5-6-13-14(19-12)11-17(15(13)18)7-9-20(10-8-17)16(2,3)4;1-16(2,3)19-10-8-17(9-11-19)12-13-6-4-5-7-14(13)15(17)18;1-15(2,3)19-9-6-16(7-10-19)11-13-12(14(16)17)5-4-8-18-13;1-15(2,3)18-10-8-16(9-11-18)14(17)12-6-4-5-7-13(12)19-16/h9-10,16H,5-8,11,20H2,1-4H3;5-6,11,16H,7-10,12,19H2,1-4H3;9,11,15H,5-8,10,18H2,1-4H3;5-6,15H,7-11,18H2,1-4H3;4-7,15H,8-12,18H2,1-3H3;4-5,8,14H,6-7,9-11,17H2,1-3H3;4-7,14H,8-11,17H2,1-3H3/t2*16-;3*15-;2*14-/m0111011/s1. The fraction of sp³-hybridized carbons (Fsp3) is 0.672. The Morgan fingerprint density at radius 2 is 0.633 bits per heavy atom. The smallest absolute Gasteiger partial charge is 0.137 e. The van der Waals surface area contributed by atoms with Crippen molar-refractivity contribution in [3.05, 3.63) is 216 Å². The van der Waals surface area contributed by atoms with E-state index in [4.69, 9.17) is 66.2 Å². The fourth-order valence-corrected chi connectivity index (χ4v) is 27.4. The zero-order valence-corrected chi connectivity index (χ0v) is 91.6. The SMILES string of the molecule is CC(C)(C)N1CCC2(CC1)Cc1ccccc1[C@@H]2N.CC(C)(C)N1CCC2(CC1)Cc1ncccc1[C@H]2N.CC(C)(C)N1CCC2(CC1)Oc1ccccc1[C@H]2N.COc1cc2c(cc1Cl)[C@H](N)C1(CCN(C(C)(C)C)CC1)C2.Cc1ccc2c(c1)[C@@H](N)C1(CCN(C(C)(C)C)CC1)C2.Cc1ccc2c(n1)CC1(CCN(C(C)(C)C)CC1)[C@@H]2N.Cc1cnc2c(c1)[C@@H](N)C1(CCN(C(C)(C)C)CC1)C2. The van der Waals surface area contributed by atoms with Crippen LogP contribution in [0.1, 0.15) is 367 Å². The third-order valence-corrected chi connectivity index (χ3v) is 37.4. The number of pyridine rings is 3. The van der Waals surface area contributed by atoms with Gasteiger partial charge >= 0.3 is 0 Å². The van der Waals surface area contributed by atoms with Gasteiger partial charge in [0.05, 0.1) is 18.2 Å². The summed E-state index contributed by atoms with van der Waals surface area (Å²) in [6.07, 6.45) is 27.0. The first-order valence-corrected chi connectivity index (χ1v) is 54.1. The molecule has 7 aromatic rings. The van der Waals surface area contributed by atoms with Crippen molar-refractivity contribution < 1.29 is 9.47 Å². The molecule has 4 aromatic carbocycles. The Labute approximate surface area is 845 Å². The lowest BCUT2D eigenvalue weighted by atomic mass is 9.72. The van der Waals surface area contributed by atoms with Crippen molar-refractivity contribution in [3.8, 4) is 11.5 Å². The van der Waals surface area contributed by atoms with E-state index in [-0.39, 0.29) is 108 Å². The van der Waals surface area contributed by atoms with E-state index in [1.54, 1.807) is 7.11 Å². The second-order valence-electron chi connectivity index (χ2n) is 52.6. The van der Waals surface area contributed by atoms with E-state index in [0.717, 1.165) is 134 Å². The Bertz CT molecular complexity index is 5000. The highest BCUT2D eigenvalue weighted by Crippen LogP contribution is 2.59. The third-order valence-electron chi connectivity index (χ3n) is 37.1. The van der Waals surface area contributed by atoms with Crippen LogP contribution in [0.15, 0.2) is 122 Å². The lowest BCUT2D eigenvalue weighted by molar-refractivity contribution is -0.0237. The number of methoxy groups -OCH3 is 1. The monoisotopic (exact) mass is 1920 g/mol. The summed E-state index contributed by atoms with van der Waals surface area (Å²) < 4.78 is 11.6. The average Bonchev–Trinajstić information content (AvgIpc) is 1.57. The quantitative estimate of drug-likeness (QED) is 0.0805. The van der Waals surface area contributed by atoms with E-state index in [9.17, 15) is 0 Å². The Morgan fingerprint density at radius 3 is 1.04 bits per heavy atom. The molecule has 7 spiro atoms. The number of para-hydroxylation sites is 1. The number of ether oxygens (including phenoxy) is 2. The molecule has 21 rings (SSSR count). The van der Waals surface area contributed by atoms with Crippen LogP contribution in [-0.2, 0) is 38.5 Å². The van der Waals surface area contributed by atoms with Crippen LogP contribution in [0.5, 0.6) is 11.5 Å². The molecule has 7 fully saturated rings. The number of rotatable bonds is 1. The summed E-state index contributed by atoms with van der Waals surface area (Å²) in [5, 5.41) is 0.667. The predicted octanol–water partition coefficient (Wildman–Crippen LogP) is 21.2. The van der Waals surface area contributed by atoms with Gasteiger partial charge in [-0.25, -0.2) is 0 Å². The minimum absolute atomic E-state index is 0.0193. The molecule has 139 heavy (non-hydrogen) atoms. The summed E-state index contributed by atoms with van der Waals surface area (Å²) in [6.45, 7) is 70.7. The number of aryl methyl sites for hydroxylation is 3. The molecule has 7 atom stereocenters. The van der Waals surface area contributed by atoms with Crippen LogP contribution in [0.2, 0.25) is 5.02 Å². The number of nitrogens with zero attached hydrogens (tertiary/aromatic N) is 10. The van der Waals surface area contributed by atoms with Crippen LogP contribution >= 0.6 is 11.6 Å². The normalized spacial score (nSPS) is 25.9. The Kier molecular flexibility index (Phi) is 31.1. The lowest BCUT2D eigenvalue weighted by Crippen LogP contribution is -2.55. The number of piperidine rings is 7. The van der Waals surface area contributed by atoms with Gasteiger partial charge in [-0.2, -0.15) is 0 Å². The number of aromatic nitrogens is 3. The van der Waals surface area contributed by atoms with Crippen molar-refractivity contribution >= 4 is 11.6 Å². The van der Waals surface area contributed by atoms with E-state index in [2.05, 4.69) is 289 Å². The molecule has 764 valence electrons. The number of halogens is 1. The molecule has 14 N–H and O–H groups in total. The second kappa shape index (κ2) is 40.5. The first-order chi connectivity index (χ1) is 65.0. The molecule has 0 unspecified atom stereocenters. The molecule has 7 saturated heterocycles. The summed E-state index contributed by atoms with van der Waals surface area (Å²) in [6, 6.07) is 39.8. The van der Waals surface area contributed by atoms with Crippen LogP contribution in [0.4, 0.5) is 0 Å². The Morgan fingerprint density at radius 1 is 0.309 bits per heavy atom. The number of fused-ring (bicyclic) bond motifs is 7. The molecule has 8 aliphatic heterocycles. The molecule has 0 saturated carbocycles. The van der Waals surface area contributed by atoms with Crippen molar-refractivity contribution in [1.82, 2.24) is 49.3 Å². The van der Waals surface area contributed by atoms with Crippen molar-refractivity contribution in [2.75, 3.05) is 98.7 Å². The third kappa shape index (κ3) is 22.4. The molecule has 3 aromatic heterocycles. The fourth-order valence-electron chi connectivity index (χ4n) is 27.1. The largest absolute Gasteiger partial charge is 0.495 e. The van der Waals surface area contributed by atoms with Crippen LogP contribution in [0, 0.1) is 53.3 Å². The number of likely N-dealkylation sites (tertiary alicyclic amines) is 7. The number of nitrogens with two attached hydrogens (primary N) is 7. The van der Waals surface area contributed by atoms with Gasteiger partial charge in [-0.3, -0.25) is 49.3 Å². The van der Waals surface area contributed by atoms with Crippen molar-refractivity contribution in [2.45, 2.75) is 381 Å². The molecule has 0 radical (unpaired) electrons. The zero-order chi connectivity index (χ0) is 101. The molecule has 0 bridgehead atoms. The number of hydrogen-bond acceptors (Lipinski definition) is 19. The van der Waals surface area contributed by atoms with Crippen molar-refractivity contribution in [3.63, 3.8) is 0 Å². The minimum Gasteiger partial charge on any atom is -0.495 e. The van der Waals surface area contributed by atoms with Crippen LogP contribution < -0.4 is 49.6 Å². The number of hydrogen-bond donors (Lipinski definition) is 7. The molecule has 19 nitrogen and oxygen atoms in total. The first kappa shape index (κ1) is 107. The topological polar surface area (TPSA) is 262 Å². The Hall–Kier alpha value is -6.34. The number of benzene rings is 4. The minimum atomic E-state index is -0.175. The molecule has 14 aliphatic rings. The zero-order valence-electron chi connectivity index (χ0n) is 90.8. The average molecular weight is 1920 g/mol. The summed E-state index contributed by atoms with van der Waals surface area (Å²) >= 11 is 6.29. The van der Waals surface area contributed by atoms with Gasteiger partial charge in [0.2, 0.25) is 0 Å². The van der Waals surface area contributed by atoms with Gasteiger partial charge in [0.25, 0.3) is 0 Å². The van der Waals surface area contributed by atoms with Gasteiger partial charge in [-0.15, -0.1) is 0 Å². The van der Waals surface area contributed by atoms with E-state index in [1.807, 2.05) is 42.7 Å². The molecule has 20 heteroatoms. The highest BCUT2D eigenvalue weighted by atomic mass is 35.5. The Balaban J connectivity index is 0.000000123. The molecular weight excluding hydrogens is 1730 g/mol. The van der Waals surface area contributed by atoms with Gasteiger partial charge in [0.1, 0.15) is 17.1 Å². The highest BCUT2D eigenvalue weighted by molar-refractivity contribution is 6.32. The van der Waals surface area contributed by atoms with Crippen LogP contribution in [0.3, 0.4) is 0 Å². The molecule has 0 amide bonds. The molecular formula is C119H184ClN17O2. The van der Waals surface area contributed by atoms with Gasteiger partial charge in [0.15, 0.2) is 0 Å². The maximum atomic E-state index is 6.66. The van der Waals surface area contributed by atoms with E-state index < -0.39 is 0 Å². The van der Waals surface area contributed by atoms with Gasteiger partial charge in [0, 0.05) is 142 Å².